The second-order valence-corrected chi connectivity index (χ2v) is 9.98. The second-order valence-electron chi connectivity index (χ2n) is 8.46. The number of benzene rings is 1. The fraction of sp³-hybridized carbons (Fsp3) is 0.542. The van der Waals surface area contributed by atoms with E-state index in [1.807, 2.05) is 31.2 Å². The molecular weight excluding hydrogens is 444 g/mol. The Morgan fingerprint density at radius 2 is 2.00 bits per heavy atom. The molecule has 2 aromatic rings. The van der Waals surface area contributed by atoms with Crippen LogP contribution in [0.3, 0.4) is 0 Å². The maximum atomic E-state index is 13.2. The first-order valence-corrected chi connectivity index (χ1v) is 12.6. The zero-order chi connectivity index (χ0) is 23.1. The highest BCUT2D eigenvalue weighted by Crippen LogP contribution is 2.32. The molecule has 1 heterocycles. The third-order valence-electron chi connectivity index (χ3n) is 6.08. The van der Waals surface area contributed by atoms with Crippen LogP contribution in [0.1, 0.15) is 56.2 Å². The Balaban J connectivity index is 1.76. The molecule has 32 heavy (non-hydrogen) atoms. The van der Waals surface area contributed by atoms with Crippen molar-refractivity contribution in [3.63, 3.8) is 0 Å². The molecule has 3 rings (SSSR count). The van der Waals surface area contributed by atoms with Crippen molar-refractivity contribution in [2.45, 2.75) is 70.9 Å². The summed E-state index contributed by atoms with van der Waals surface area (Å²) < 4.78 is 0. The molecule has 1 saturated carbocycles. The molecule has 1 aliphatic carbocycles. The van der Waals surface area contributed by atoms with Crippen LogP contribution >= 0.6 is 22.9 Å². The number of carbonyl (C=O) groups is 2. The van der Waals surface area contributed by atoms with E-state index < -0.39 is 6.04 Å². The van der Waals surface area contributed by atoms with Gasteiger partial charge in [0.2, 0.25) is 11.8 Å². The minimum atomic E-state index is -0.683. The van der Waals surface area contributed by atoms with E-state index in [1.165, 1.54) is 30.6 Å². The predicted molar refractivity (Wildman–Crippen MR) is 131 cm³/mol. The summed E-state index contributed by atoms with van der Waals surface area (Å²) in [6, 6.07) is 6.90. The minimum absolute atomic E-state index is 0.0659. The Bertz CT molecular complexity index is 926. The number of carbonyl (C=O) groups excluding carboxylic acids is 2. The first kappa shape index (κ1) is 24.7. The van der Waals surface area contributed by atoms with Gasteiger partial charge in [0.1, 0.15) is 6.04 Å². The van der Waals surface area contributed by atoms with Crippen molar-refractivity contribution in [2.75, 3.05) is 6.54 Å². The van der Waals surface area contributed by atoms with Crippen LogP contribution in [0.5, 0.6) is 0 Å². The largest absolute Gasteiger partial charge is 0.350 e. The lowest BCUT2D eigenvalue weighted by atomic mass is 9.84. The molecule has 1 fully saturated rings. The highest BCUT2D eigenvalue weighted by Gasteiger charge is 2.29. The molecule has 6 nitrogen and oxygen atoms in total. The van der Waals surface area contributed by atoms with Crippen molar-refractivity contribution in [2.24, 2.45) is 11.7 Å². The Morgan fingerprint density at radius 3 is 2.66 bits per heavy atom. The van der Waals surface area contributed by atoms with Crippen molar-refractivity contribution in [3.05, 3.63) is 40.0 Å². The van der Waals surface area contributed by atoms with Crippen LogP contribution in [-0.2, 0) is 16.0 Å². The number of rotatable bonds is 9. The van der Waals surface area contributed by atoms with Crippen LogP contribution in [-0.4, -0.2) is 35.4 Å². The lowest BCUT2D eigenvalue weighted by Crippen LogP contribution is -2.54. The molecule has 0 bridgehead atoms. The molecule has 1 aromatic heterocycles. The normalized spacial score (nSPS) is 16.4. The maximum absolute atomic E-state index is 13.2. The highest BCUT2D eigenvalue weighted by molar-refractivity contribution is 7.15. The zero-order valence-electron chi connectivity index (χ0n) is 18.8. The fourth-order valence-corrected chi connectivity index (χ4v) is 5.60. The molecule has 8 heteroatoms. The topological polar surface area (TPSA) is 97.1 Å². The van der Waals surface area contributed by atoms with Gasteiger partial charge in [-0.25, -0.2) is 4.98 Å². The molecule has 1 aromatic carbocycles. The molecule has 2 atom stereocenters. The van der Waals surface area contributed by atoms with Gasteiger partial charge in [-0.3, -0.25) is 9.59 Å². The van der Waals surface area contributed by atoms with Crippen LogP contribution in [0.15, 0.2) is 24.3 Å². The van der Waals surface area contributed by atoms with Crippen LogP contribution in [0.4, 0.5) is 0 Å². The van der Waals surface area contributed by atoms with Gasteiger partial charge in [0, 0.05) is 30.5 Å². The van der Waals surface area contributed by atoms with Gasteiger partial charge >= 0.3 is 0 Å². The summed E-state index contributed by atoms with van der Waals surface area (Å²) in [5.41, 5.74) is 7.89. The number of halogens is 1. The van der Waals surface area contributed by atoms with E-state index in [4.69, 9.17) is 17.3 Å². The summed E-state index contributed by atoms with van der Waals surface area (Å²) in [7, 11) is 0. The van der Waals surface area contributed by atoms with Gasteiger partial charge in [0.15, 0.2) is 0 Å². The smallest absolute Gasteiger partial charge is 0.243 e. The van der Waals surface area contributed by atoms with Crippen LogP contribution in [0.25, 0.3) is 10.4 Å². The highest BCUT2D eigenvalue weighted by atomic mass is 35.5. The van der Waals surface area contributed by atoms with E-state index >= 15 is 0 Å². The van der Waals surface area contributed by atoms with Crippen LogP contribution in [0, 0.1) is 12.8 Å². The van der Waals surface area contributed by atoms with Crippen molar-refractivity contribution < 1.29 is 9.59 Å². The summed E-state index contributed by atoms with van der Waals surface area (Å²) in [6.07, 6.45) is 6.43. The van der Waals surface area contributed by atoms with E-state index in [9.17, 15) is 9.59 Å². The van der Waals surface area contributed by atoms with Gasteiger partial charge in [-0.1, -0.05) is 49.9 Å². The average Bonchev–Trinajstić information content (AvgIpc) is 3.17. The lowest BCUT2D eigenvalue weighted by Gasteiger charge is -2.31. The standard InChI is InChI=1S/C24H33ClN4O2S/c1-3-21(30)28-19(24(31)29-20(14-26)16-8-5-4-6-9-16)13-22-27-15(2)23(32-22)17-10-7-11-18(25)12-17/h7,10-12,16,19-20H,3-6,8-9,13-14,26H2,1-2H3,(H,28,30)(H,29,31)/t19-,20+/m0/s1. The van der Waals surface area contributed by atoms with Crippen molar-refractivity contribution >= 4 is 34.8 Å². The molecular formula is C24H33ClN4O2S. The number of amides is 2. The summed E-state index contributed by atoms with van der Waals surface area (Å²) in [4.78, 5) is 31.1. The van der Waals surface area contributed by atoms with Gasteiger partial charge in [0.05, 0.1) is 15.6 Å². The number of aromatic nitrogens is 1. The number of hydrogen-bond acceptors (Lipinski definition) is 5. The van der Waals surface area contributed by atoms with E-state index in [-0.39, 0.29) is 17.9 Å². The maximum Gasteiger partial charge on any atom is 0.243 e. The number of thiazole rings is 1. The average molecular weight is 477 g/mol. The summed E-state index contributed by atoms with van der Waals surface area (Å²) in [5, 5.41) is 7.47. The van der Waals surface area contributed by atoms with Gasteiger partial charge in [0.25, 0.3) is 0 Å². The Hall–Kier alpha value is -1.96. The van der Waals surface area contributed by atoms with Crippen LogP contribution in [0.2, 0.25) is 5.02 Å². The molecule has 1 aliphatic rings. The first-order valence-electron chi connectivity index (χ1n) is 11.4. The molecule has 0 unspecified atom stereocenters. The zero-order valence-corrected chi connectivity index (χ0v) is 20.4. The van der Waals surface area contributed by atoms with E-state index in [2.05, 4.69) is 15.6 Å². The second kappa shape index (κ2) is 11.8. The number of nitrogens with one attached hydrogen (secondary N) is 2. The molecule has 2 amide bonds. The SMILES string of the molecule is CCC(=O)N[C@@H](Cc1nc(C)c(-c2cccc(Cl)c2)s1)C(=O)N[C@H](CN)C1CCCCC1. The summed E-state index contributed by atoms with van der Waals surface area (Å²) in [5.74, 6) is 0.0530. The van der Waals surface area contributed by atoms with Gasteiger partial charge in [-0.2, -0.15) is 0 Å². The van der Waals surface area contributed by atoms with Crippen molar-refractivity contribution in [3.8, 4) is 10.4 Å². The molecule has 0 spiro atoms. The third kappa shape index (κ3) is 6.53. The monoisotopic (exact) mass is 476 g/mol. The van der Waals surface area contributed by atoms with E-state index in [0.29, 0.717) is 30.3 Å². The van der Waals surface area contributed by atoms with E-state index in [1.54, 1.807) is 6.92 Å². The fourth-order valence-electron chi connectivity index (χ4n) is 4.31. The summed E-state index contributed by atoms with van der Waals surface area (Å²) >= 11 is 7.68. The number of nitrogens with zero attached hydrogens (tertiary/aromatic N) is 1. The quantitative estimate of drug-likeness (QED) is 0.504. The van der Waals surface area contributed by atoms with Crippen molar-refractivity contribution in [1.82, 2.24) is 15.6 Å². The Kier molecular flexibility index (Phi) is 9.08. The molecule has 0 radical (unpaired) electrons. The van der Waals surface area contributed by atoms with Gasteiger partial charge in [-0.15, -0.1) is 11.3 Å². The summed E-state index contributed by atoms with van der Waals surface area (Å²) in [6.45, 7) is 4.13. The van der Waals surface area contributed by atoms with Gasteiger partial charge in [-0.05, 0) is 43.4 Å². The first-order chi connectivity index (χ1) is 15.4. The molecule has 174 valence electrons. The van der Waals surface area contributed by atoms with E-state index in [0.717, 1.165) is 34.0 Å². The minimum Gasteiger partial charge on any atom is -0.350 e. The lowest BCUT2D eigenvalue weighted by molar-refractivity contribution is -0.129. The Labute approximate surface area is 199 Å². The molecule has 4 N–H and O–H groups in total. The Morgan fingerprint density at radius 1 is 1.25 bits per heavy atom. The predicted octanol–water partition coefficient (Wildman–Crippen LogP) is 4.23. The van der Waals surface area contributed by atoms with Crippen LogP contribution < -0.4 is 16.4 Å². The molecule has 0 saturated heterocycles. The number of hydrogen-bond donors (Lipinski definition) is 3. The van der Waals surface area contributed by atoms with Crippen molar-refractivity contribution in [1.29, 1.82) is 0 Å². The third-order valence-corrected chi connectivity index (χ3v) is 7.54. The number of aryl methyl sites for hydroxylation is 1. The van der Waals surface area contributed by atoms with Gasteiger partial charge < -0.3 is 16.4 Å². The molecule has 0 aliphatic heterocycles. The number of nitrogens with two attached hydrogens (primary N) is 1.